The van der Waals surface area contributed by atoms with Crippen molar-refractivity contribution >= 4 is 23.0 Å². The summed E-state index contributed by atoms with van der Waals surface area (Å²) in [5.41, 5.74) is 4.81. The first kappa shape index (κ1) is 26.8. The molecule has 0 unspecified atom stereocenters. The SMILES string of the molecule is Cn1c(N(Cc2ccc(C(=O)O)cc2)C2CCC(C(C)(C)C)CC2)nc2cc(OCc3ccccc3)ccc21. The molecule has 0 aliphatic heterocycles. The lowest BCUT2D eigenvalue weighted by molar-refractivity contribution is 0.0697. The number of aromatic carboxylic acids is 1. The normalized spacial score (nSPS) is 17.7. The van der Waals surface area contributed by atoms with Crippen molar-refractivity contribution in [2.75, 3.05) is 4.90 Å². The van der Waals surface area contributed by atoms with Crippen molar-refractivity contribution in [3.8, 4) is 5.75 Å². The zero-order valence-electron chi connectivity index (χ0n) is 23.4. The molecule has 1 N–H and O–H groups in total. The Morgan fingerprint density at radius 3 is 2.31 bits per heavy atom. The summed E-state index contributed by atoms with van der Waals surface area (Å²) in [6.07, 6.45) is 4.63. The Hall–Kier alpha value is -3.80. The maximum atomic E-state index is 11.4. The Bertz CT molecular complexity index is 1410. The van der Waals surface area contributed by atoms with Gasteiger partial charge in [0.05, 0.1) is 16.6 Å². The van der Waals surface area contributed by atoms with Crippen molar-refractivity contribution in [3.63, 3.8) is 0 Å². The Labute approximate surface area is 231 Å². The molecule has 1 aliphatic carbocycles. The Morgan fingerprint density at radius 2 is 1.67 bits per heavy atom. The molecule has 5 rings (SSSR count). The van der Waals surface area contributed by atoms with Crippen molar-refractivity contribution in [1.82, 2.24) is 9.55 Å². The third-order valence-corrected chi connectivity index (χ3v) is 8.25. The summed E-state index contributed by atoms with van der Waals surface area (Å²) < 4.78 is 8.26. The van der Waals surface area contributed by atoms with E-state index >= 15 is 0 Å². The number of benzene rings is 3. The van der Waals surface area contributed by atoms with Gasteiger partial charge < -0.3 is 19.3 Å². The van der Waals surface area contributed by atoms with Crippen LogP contribution in [-0.2, 0) is 20.2 Å². The molecule has 0 amide bonds. The topological polar surface area (TPSA) is 67.6 Å². The molecule has 204 valence electrons. The third kappa shape index (κ3) is 6.11. The van der Waals surface area contributed by atoms with Gasteiger partial charge in [0, 0.05) is 25.7 Å². The number of ether oxygens (including phenoxy) is 1. The quantitative estimate of drug-likeness (QED) is 0.259. The number of carbonyl (C=O) groups is 1. The molecule has 39 heavy (non-hydrogen) atoms. The highest BCUT2D eigenvalue weighted by Crippen LogP contribution is 2.40. The molecule has 0 bridgehead atoms. The van der Waals surface area contributed by atoms with Crippen LogP contribution in [0.5, 0.6) is 5.75 Å². The molecular formula is C33H39N3O3. The number of nitrogens with zero attached hydrogens (tertiary/aromatic N) is 3. The van der Waals surface area contributed by atoms with E-state index in [1.54, 1.807) is 12.1 Å². The molecule has 1 fully saturated rings. The van der Waals surface area contributed by atoms with Crippen LogP contribution in [0.1, 0.15) is 67.9 Å². The van der Waals surface area contributed by atoms with Crippen LogP contribution in [-0.4, -0.2) is 26.7 Å². The number of carboxylic acids is 1. The van der Waals surface area contributed by atoms with E-state index in [0.717, 1.165) is 52.6 Å². The van der Waals surface area contributed by atoms with E-state index < -0.39 is 5.97 Å². The molecule has 0 saturated heterocycles. The second kappa shape index (κ2) is 11.1. The van der Waals surface area contributed by atoms with Crippen LogP contribution >= 0.6 is 0 Å². The zero-order valence-corrected chi connectivity index (χ0v) is 23.4. The zero-order chi connectivity index (χ0) is 27.6. The number of rotatable bonds is 8. The van der Waals surface area contributed by atoms with Crippen molar-refractivity contribution in [1.29, 1.82) is 0 Å². The number of fused-ring (bicyclic) bond motifs is 1. The van der Waals surface area contributed by atoms with Gasteiger partial charge in [0.2, 0.25) is 5.95 Å². The van der Waals surface area contributed by atoms with E-state index in [9.17, 15) is 9.90 Å². The highest BCUT2D eigenvalue weighted by molar-refractivity contribution is 5.87. The van der Waals surface area contributed by atoms with Crippen LogP contribution in [0.4, 0.5) is 5.95 Å². The van der Waals surface area contributed by atoms with Crippen molar-refractivity contribution < 1.29 is 14.6 Å². The number of carboxylic acid groups (broad SMARTS) is 1. The summed E-state index contributed by atoms with van der Waals surface area (Å²) in [7, 11) is 2.08. The monoisotopic (exact) mass is 525 g/mol. The second-order valence-corrected chi connectivity index (χ2v) is 11.9. The molecule has 6 nitrogen and oxygen atoms in total. The molecule has 6 heteroatoms. The van der Waals surface area contributed by atoms with Crippen LogP contribution in [0.2, 0.25) is 0 Å². The van der Waals surface area contributed by atoms with Crippen LogP contribution in [0.15, 0.2) is 72.8 Å². The number of hydrogen-bond donors (Lipinski definition) is 1. The van der Waals surface area contributed by atoms with Gasteiger partial charge in [0.15, 0.2) is 0 Å². The standard InChI is InChI=1S/C33H39N3O3/c1-33(2,3)26-14-16-27(17-15-26)36(21-23-10-12-25(13-11-23)31(37)38)32-34-29-20-28(18-19-30(29)35(32)4)39-22-24-8-6-5-7-9-24/h5-13,18-20,26-27H,14-17,21-22H2,1-4H3,(H,37,38). The first-order valence-corrected chi connectivity index (χ1v) is 13.9. The van der Waals surface area contributed by atoms with Gasteiger partial charge in [-0.15, -0.1) is 0 Å². The average molecular weight is 526 g/mol. The third-order valence-electron chi connectivity index (χ3n) is 8.25. The Balaban J connectivity index is 1.43. The fraction of sp³-hybridized carbons (Fsp3) is 0.394. The molecule has 4 aromatic rings. The van der Waals surface area contributed by atoms with Crippen LogP contribution in [0.3, 0.4) is 0 Å². The van der Waals surface area contributed by atoms with Gasteiger partial charge in [0.1, 0.15) is 12.4 Å². The number of imidazole rings is 1. The van der Waals surface area contributed by atoms with Crippen LogP contribution in [0, 0.1) is 11.3 Å². The molecular weight excluding hydrogens is 486 g/mol. The predicted octanol–water partition coefficient (Wildman–Crippen LogP) is 7.46. The summed E-state index contributed by atoms with van der Waals surface area (Å²) in [6.45, 7) is 8.24. The molecule has 1 heterocycles. The minimum absolute atomic E-state index is 0.307. The summed E-state index contributed by atoms with van der Waals surface area (Å²) in [6, 6.07) is 23.9. The van der Waals surface area contributed by atoms with Gasteiger partial charge in [-0.2, -0.15) is 0 Å². The van der Waals surface area contributed by atoms with E-state index in [4.69, 9.17) is 9.72 Å². The molecule has 0 radical (unpaired) electrons. The number of anilines is 1. The average Bonchev–Trinajstić information content (AvgIpc) is 3.26. The largest absolute Gasteiger partial charge is 0.489 e. The summed E-state index contributed by atoms with van der Waals surface area (Å²) in [5.74, 6) is 1.55. The van der Waals surface area contributed by atoms with Crippen LogP contribution in [0.25, 0.3) is 11.0 Å². The first-order valence-electron chi connectivity index (χ1n) is 13.9. The smallest absolute Gasteiger partial charge is 0.335 e. The van der Waals surface area contributed by atoms with Gasteiger partial charge in [-0.1, -0.05) is 63.2 Å². The van der Waals surface area contributed by atoms with Gasteiger partial charge in [-0.05, 0) is 72.4 Å². The van der Waals surface area contributed by atoms with Crippen molar-refractivity contribution in [2.24, 2.45) is 18.4 Å². The Kier molecular flexibility index (Phi) is 7.65. The lowest BCUT2D eigenvalue weighted by Crippen LogP contribution is -2.41. The van der Waals surface area contributed by atoms with E-state index in [-0.39, 0.29) is 0 Å². The molecule has 1 aliphatic rings. The molecule has 0 atom stereocenters. The van der Waals surface area contributed by atoms with Crippen molar-refractivity contribution in [2.45, 2.75) is 65.6 Å². The lowest BCUT2D eigenvalue weighted by atomic mass is 9.71. The highest BCUT2D eigenvalue weighted by atomic mass is 16.5. The van der Waals surface area contributed by atoms with Crippen molar-refractivity contribution in [3.05, 3.63) is 89.5 Å². The van der Waals surface area contributed by atoms with E-state index in [0.29, 0.717) is 30.2 Å². The minimum atomic E-state index is -0.903. The summed E-state index contributed by atoms with van der Waals surface area (Å²) >= 11 is 0. The van der Waals surface area contributed by atoms with Gasteiger partial charge >= 0.3 is 5.97 Å². The van der Waals surface area contributed by atoms with E-state index in [2.05, 4.69) is 55.5 Å². The fourth-order valence-electron chi connectivity index (χ4n) is 5.82. The molecule has 3 aromatic carbocycles. The summed E-state index contributed by atoms with van der Waals surface area (Å²) in [5, 5.41) is 9.34. The van der Waals surface area contributed by atoms with Gasteiger partial charge in [-0.3, -0.25) is 0 Å². The van der Waals surface area contributed by atoms with Gasteiger partial charge in [-0.25, -0.2) is 9.78 Å². The van der Waals surface area contributed by atoms with Gasteiger partial charge in [0.25, 0.3) is 0 Å². The maximum Gasteiger partial charge on any atom is 0.335 e. The van der Waals surface area contributed by atoms with E-state index in [1.165, 1.54) is 12.8 Å². The maximum absolute atomic E-state index is 11.4. The van der Waals surface area contributed by atoms with Crippen LogP contribution < -0.4 is 9.64 Å². The van der Waals surface area contributed by atoms with E-state index in [1.807, 2.05) is 42.5 Å². The molecule has 0 spiro atoms. The minimum Gasteiger partial charge on any atom is -0.489 e. The lowest BCUT2D eigenvalue weighted by Gasteiger charge is -2.41. The second-order valence-electron chi connectivity index (χ2n) is 11.9. The molecule has 1 saturated carbocycles. The number of aromatic nitrogens is 2. The molecule has 1 aromatic heterocycles. The fourth-order valence-corrected chi connectivity index (χ4v) is 5.82. The first-order chi connectivity index (χ1) is 18.7. The highest BCUT2D eigenvalue weighted by Gasteiger charge is 2.33. The number of aryl methyl sites for hydroxylation is 1. The Morgan fingerprint density at radius 1 is 0.974 bits per heavy atom. The number of hydrogen-bond acceptors (Lipinski definition) is 4. The predicted molar refractivity (Wildman–Crippen MR) is 156 cm³/mol. The summed E-state index contributed by atoms with van der Waals surface area (Å²) in [4.78, 5) is 18.9.